The zero-order valence-electron chi connectivity index (χ0n) is 18.7. The van der Waals surface area contributed by atoms with E-state index in [1.165, 1.54) is 53.4 Å². The van der Waals surface area contributed by atoms with Crippen molar-refractivity contribution in [1.82, 2.24) is 0 Å². The van der Waals surface area contributed by atoms with Gasteiger partial charge in [0.25, 0.3) is 5.69 Å². The highest BCUT2D eigenvalue weighted by atomic mass is 16.6. The van der Waals surface area contributed by atoms with Crippen molar-refractivity contribution in [1.29, 1.82) is 0 Å². The number of fused-ring (bicyclic) bond motifs is 1. The third kappa shape index (κ3) is 4.55. The number of rotatable bonds is 5. The molecule has 36 heavy (non-hydrogen) atoms. The second-order valence-corrected chi connectivity index (χ2v) is 7.82. The van der Waals surface area contributed by atoms with Crippen LogP contribution in [0.2, 0.25) is 0 Å². The topological polar surface area (TPSA) is 99.0 Å². The second kappa shape index (κ2) is 9.55. The van der Waals surface area contributed by atoms with E-state index in [4.69, 9.17) is 9.47 Å². The van der Waals surface area contributed by atoms with Crippen LogP contribution in [0.1, 0.15) is 15.9 Å². The van der Waals surface area contributed by atoms with Gasteiger partial charge in [-0.2, -0.15) is 0 Å². The van der Waals surface area contributed by atoms with Crippen molar-refractivity contribution in [2.45, 2.75) is 0 Å². The number of amides is 1. The Kier molecular flexibility index (Phi) is 5.98. The summed E-state index contributed by atoms with van der Waals surface area (Å²) < 4.78 is 11.4. The fourth-order valence-electron chi connectivity index (χ4n) is 3.73. The van der Waals surface area contributed by atoms with E-state index in [-0.39, 0.29) is 28.7 Å². The van der Waals surface area contributed by atoms with Crippen LogP contribution in [-0.2, 0) is 0 Å². The van der Waals surface area contributed by atoms with Crippen LogP contribution >= 0.6 is 0 Å². The summed E-state index contributed by atoms with van der Waals surface area (Å²) >= 11 is 0. The summed E-state index contributed by atoms with van der Waals surface area (Å²) in [7, 11) is 0. The lowest BCUT2D eigenvalue weighted by molar-refractivity contribution is -0.384. The first-order valence-electron chi connectivity index (χ1n) is 10.9. The van der Waals surface area contributed by atoms with E-state index in [1.807, 2.05) is 36.4 Å². The monoisotopic (exact) mass is 478 g/mol. The molecular formula is C28H18N2O6. The number of non-ortho nitro benzene ring substituents is 1. The fraction of sp³-hybridized carbons (Fsp3) is 0. The van der Waals surface area contributed by atoms with Gasteiger partial charge in [-0.1, -0.05) is 36.4 Å². The van der Waals surface area contributed by atoms with E-state index < -0.39 is 11.0 Å². The Balaban J connectivity index is 1.38. The number of ketones is 1. The number of anilines is 2. The predicted octanol–water partition coefficient (Wildman–Crippen LogP) is 6.55. The molecule has 176 valence electrons. The first kappa shape index (κ1) is 22.5. The molecule has 0 fully saturated rings. The zero-order chi connectivity index (χ0) is 25.1. The zero-order valence-corrected chi connectivity index (χ0v) is 18.7. The van der Waals surface area contributed by atoms with Crippen molar-refractivity contribution in [3.63, 3.8) is 0 Å². The van der Waals surface area contributed by atoms with Gasteiger partial charge in [-0.3, -0.25) is 14.9 Å². The molecule has 0 saturated heterocycles. The number of nitrogens with zero attached hydrogens (tertiary/aromatic N) is 2. The normalized spacial score (nSPS) is 13.1. The molecule has 0 saturated carbocycles. The van der Waals surface area contributed by atoms with Gasteiger partial charge in [-0.25, -0.2) is 9.69 Å². The molecule has 5 rings (SSSR count). The average molecular weight is 478 g/mol. The summed E-state index contributed by atoms with van der Waals surface area (Å²) in [6.45, 7) is 0. The first-order valence-corrected chi connectivity index (χ1v) is 10.9. The number of carbonyl (C=O) groups is 2. The Bertz CT molecular complexity index is 1440. The molecule has 8 nitrogen and oxygen atoms in total. The number of nitro groups is 1. The number of hydrogen-bond donors (Lipinski definition) is 0. The van der Waals surface area contributed by atoms with Crippen LogP contribution in [0, 0.1) is 10.1 Å². The predicted molar refractivity (Wildman–Crippen MR) is 134 cm³/mol. The van der Waals surface area contributed by atoms with Crippen LogP contribution in [0.5, 0.6) is 11.5 Å². The Morgan fingerprint density at radius 1 is 0.861 bits per heavy atom. The molecular weight excluding hydrogens is 460 g/mol. The maximum Gasteiger partial charge on any atom is 0.424 e. The minimum absolute atomic E-state index is 0.0504. The number of hydrogen-bond acceptors (Lipinski definition) is 6. The second-order valence-electron chi connectivity index (χ2n) is 7.82. The van der Waals surface area contributed by atoms with Gasteiger partial charge in [0.15, 0.2) is 5.76 Å². The van der Waals surface area contributed by atoms with Crippen molar-refractivity contribution in [3.05, 3.63) is 130 Å². The number of Topliss-reactive ketones (excluding diaryl/α,β-unsaturated/α-hetero) is 1. The van der Waals surface area contributed by atoms with Gasteiger partial charge in [-0.15, -0.1) is 0 Å². The van der Waals surface area contributed by atoms with Gasteiger partial charge in [0, 0.05) is 18.2 Å². The van der Waals surface area contributed by atoms with Gasteiger partial charge < -0.3 is 9.47 Å². The first-order chi connectivity index (χ1) is 17.5. The Morgan fingerprint density at radius 2 is 1.47 bits per heavy atom. The number of allylic oxidation sites excluding steroid dienone is 1. The summed E-state index contributed by atoms with van der Waals surface area (Å²) in [4.78, 5) is 37.8. The third-order valence-corrected chi connectivity index (χ3v) is 5.46. The standard InChI is InChI=1S/C28H18N2O6/c31-27-24-16-15-23(18-25(24)36-26(27)17-19-11-13-22(14-12-19)30(33)34)35-28(32)29(20-7-3-1-4-8-20)21-9-5-2-6-10-21/h1-18H/b26-17-. The fourth-order valence-corrected chi connectivity index (χ4v) is 3.73. The lowest BCUT2D eigenvalue weighted by Crippen LogP contribution is -2.29. The largest absolute Gasteiger partial charge is 0.452 e. The van der Waals surface area contributed by atoms with Crippen molar-refractivity contribution >= 4 is 35.0 Å². The number of para-hydroxylation sites is 2. The van der Waals surface area contributed by atoms with E-state index in [0.717, 1.165) is 0 Å². The Morgan fingerprint density at radius 3 is 2.06 bits per heavy atom. The molecule has 1 heterocycles. The molecule has 0 bridgehead atoms. The van der Waals surface area contributed by atoms with Crippen LogP contribution in [0.3, 0.4) is 0 Å². The SMILES string of the molecule is O=C1/C(=C/c2ccc([N+](=O)[O-])cc2)Oc2cc(OC(=O)N(c3ccccc3)c3ccccc3)ccc21. The van der Waals surface area contributed by atoms with Crippen LogP contribution in [0.25, 0.3) is 6.08 Å². The van der Waals surface area contributed by atoms with Gasteiger partial charge in [-0.05, 0) is 60.2 Å². The van der Waals surface area contributed by atoms with Crippen LogP contribution in [-0.4, -0.2) is 16.8 Å². The van der Waals surface area contributed by atoms with E-state index in [0.29, 0.717) is 22.5 Å². The van der Waals surface area contributed by atoms with Gasteiger partial charge in [0.1, 0.15) is 11.5 Å². The summed E-state index contributed by atoms with van der Waals surface area (Å²) in [5.74, 6) is 0.193. The quantitative estimate of drug-likeness (QED) is 0.183. The number of nitro benzene ring substituents is 1. The van der Waals surface area contributed by atoms with Gasteiger partial charge >= 0.3 is 6.09 Å². The lowest BCUT2D eigenvalue weighted by atomic mass is 10.1. The highest BCUT2D eigenvalue weighted by molar-refractivity contribution is 6.14. The smallest absolute Gasteiger partial charge is 0.424 e. The minimum Gasteiger partial charge on any atom is -0.452 e. The summed E-state index contributed by atoms with van der Waals surface area (Å²) in [6, 6.07) is 28.5. The number of benzene rings is 4. The van der Waals surface area contributed by atoms with Crippen LogP contribution < -0.4 is 14.4 Å². The molecule has 0 radical (unpaired) electrons. The Labute approximate surface area is 205 Å². The molecule has 8 heteroatoms. The molecule has 4 aromatic rings. The van der Waals surface area contributed by atoms with Crippen LogP contribution in [0.15, 0.2) is 109 Å². The molecule has 0 unspecified atom stereocenters. The van der Waals surface area contributed by atoms with Crippen molar-refractivity contribution in [3.8, 4) is 11.5 Å². The number of carbonyl (C=O) groups excluding carboxylic acids is 2. The summed E-state index contributed by atoms with van der Waals surface area (Å²) in [6.07, 6.45) is 0.878. The molecule has 1 aliphatic rings. The third-order valence-electron chi connectivity index (χ3n) is 5.46. The van der Waals surface area contributed by atoms with Gasteiger partial charge in [0.05, 0.1) is 21.9 Å². The van der Waals surface area contributed by atoms with Crippen molar-refractivity contribution in [2.24, 2.45) is 0 Å². The van der Waals surface area contributed by atoms with Crippen molar-refractivity contribution < 1.29 is 24.0 Å². The van der Waals surface area contributed by atoms with E-state index >= 15 is 0 Å². The molecule has 0 N–H and O–H groups in total. The van der Waals surface area contributed by atoms with E-state index in [9.17, 15) is 19.7 Å². The lowest BCUT2D eigenvalue weighted by Gasteiger charge is -2.22. The maximum atomic E-state index is 13.2. The molecule has 1 amide bonds. The van der Waals surface area contributed by atoms with Gasteiger partial charge in [0.2, 0.25) is 5.78 Å². The molecule has 0 spiro atoms. The Hall–Kier alpha value is -5.24. The van der Waals surface area contributed by atoms with E-state index in [1.54, 1.807) is 24.3 Å². The summed E-state index contributed by atoms with van der Waals surface area (Å²) in [5.41, 5.74) is 2.12. The molecule has 0 aliphatic carbocycles. The summed E-state index contributed by atoms with van der Waals surface area (Å²) in [5, 5.41) is 10.8. The maximum absolute atomic E-state index is 13.2. The molecule has 0 atom stereocenters. The molecule has 4 aromatic carbocycles. The average Bonchev–Trinajstić information content (AvgIpc) is 3.20. The highest BCUT2D eigenvalue weighted by Gasteiger charge is 2.29. The van der Waals surface area contributed by atoms with Crippen molar-refractivity contribution in [2.75, 3.05) is 4.90 Å². The molecule has 1 aliphatic heterocycles. The van der Waals surface area contributed by atoms with Crippen LogP contribution in [0.4, 0.5) is 21.9 Å². The highest BCUT2D eigenvalue weighted by Crippen LogP contribution is 2.36. The number of ether oxygens (including phenoxy) is 2. The molecule has 0 aromatic heterocycles. The van der Waals surface area contributed by atoms with E-state index in [2.05, 4.69) is 0 Å². The minimum atomic E-state index is -0.627.